The monoisotopic (exact) mass is 364 g/mol. The van der Waals surface area contributed by atoms with Crippen LogP contribution in [0.25, 0.3) is 10.2 Å². The van der Waals surface area contributed by atoms with Crippen LogP contribution in [0.4, 0.5) is 0 Å². The molecular weight excluding hydrogens is 344 g/mol. The first-order valence-electron chi connectivity index (χ1n) is 7.97. The number of aromatic nitrogens is 1. The highest BCUT2D eigenvalue weighted by Gasteiger charge is 2.17. The molecule has 2 heterocycles. The van der Waals surface area contributed by atoms with Gasteiger partial charge in [-0.3, -0.25) is 4.79 Å². The highest BCUT2D eigenvalue weighted by Crippen LogP contribution is 2.33. The molecule has 8 heteroatoms. The summed E-state index contributed by atoms with van der Waals surface area (Å²) >= 11 is 1.42. The lowest BCUT2D eigenvalue weighted by molar-refractivity contribution is -0.119. The van der Waals surface area contributed by atoms with E-state index in [1.54, 1.807) is 14.2 Å². The van der Waals surface area contributed by atoms with Gasteiger partial charge < -0.3 is 23.5 Å². The first kappa shape index (κ1) is 17.3. The van der Waals surface area contributed by atoms with E-state index in [4.69, 9.17) is 18.9 Å². The molecule has 1 aromatic heterocycles. The molecule has 0 saturated heterocycles. The van der Waals surface area contributed by atoms with Crippen LogP contribution in [0.3, 0.4) is 0 Å². The van der Waals surface area contributed by atoms with Crippen molar-refractivity contribution in [3.63, 3.8) is 0 Å². The number of carbonyl (C=O) groups excluding carboxylic acids is 1. The standard InChI is InChI=1S/C17H20N2O5S/c1-4-5-19-11-8-12(21-2)13(22-3)9-15(11)25-17(19)18-16(20)14-10-23-6-7-24-14/h8-10H,4-7H2,1-3H3. The number of carbonyl (C=O) groups is 1. The zero-order chi connectivity index (χ0) is 17.8. The number of thiazole rings is 1. The van der Waals surface area contributed by atoms with Crippen LogP contribution in [-0.4, -0.2) is 37.9 Å². The fourth-order valence-electron chi connectivity index (χ4n) is 2.54. The SMILES string of the molecule is CCCn1c(=NC(=O)C2=COCCO2)sc2cc(OC)c(OC)cc21. The second kappa shape index (κ2) is 7.60. The second-order valence-electron chi connectivity index (χ2n) is 5.33. The van der Waals surface area contributed by atoms with Gasteiger partial charge in [-0.05, 0) is 6.42 Å². The van der Waals surface area contributed by atoms with E-state index in [1.807, 2.05) is 16.7 Å². The van der Waals surface area contributed by atoms with Gasteiger partial charge >= 0.3 is 5.91 Å². The van der Waals surface area contributed by atoms with Gasteiger partial charge in [0, 0.05) is 18.7 Å². The summed E-state index contributed by atoms with van der Waals surface area (Å²) in [6, 6.07) is 3.80. The third kappa shape index (κ3) is 3.48. The third-order valence-corrected chi connectivity index (χ3v) is 4.73. The van der Waals surface area contributed by atoms with Crippen LogP contribution in [0.1, 0.15) is 13.3 Å². The Labute approximate surface area is 149 Å². The minimum atomic E-state index is -0.449. The summed E-state index contributed by atoms with van der Waals surface area (Å²) in [5, 5.41) is 0. The highest BCUT2D eigenvalue weighted by molar-refractivity contribution is 7.16. The van der Waals surface area contributed by atoms with E-state index < -0.39 is 5.91 Å². The molecule has 0 aliphatic carbocycles. The summed E-state index contributed by atoms with van der Waals surface area (Å²) in [4.78, 5) is 17.2. The van der Waals surface area contributed by atoms with E-state index in [1.165, 1.54) is 17.6 Å². The second-order valence-corrected chi connectivity index (χ2v) is 6.34. The van der Waals surface area contributed by atoms with Gasteiger partial charge in [-0.2, -0.15) is 4.99 Å². The molecule has 0 atom stereocenters. The molecule has 0 radical (unpaired) electrons. The molecule has 2 aromatic rings. The summed E-state index contributed by atoms with van der Waals surface area (Å²) in [7, 11) is 3.20. The molecule has 0 fully saturated rings. The zero-order valence-electron chi connectivity index (χ0n) is 14.4. The fourth-order valence-corrected chi connectivity index (χ4v) is 3.61. The largest absolute Gasteiger partial charge is 0.494 e. The molecule has 3 rings (SSSR count). The number of hydrogen-bond acceptors (Lipinski definition) is 6. The average molecular weight is 364 g/mol. The van der Waals surface area contributed by atoms with E-state index in [0.29, 0.717) is 29.5 Å². The van der Waals surface area contributed by atoms with Gasteiger partial charge in [0.1, 0.15) is 19.5 Å². The first-order chi connectivity index (χ1) is 12.2. The normalized spacial score (nSPS) is 14.7. The molecule has 134 valence electrons. The number of aryl methyl sites for hydroxylation is 1. The zero-order valence-corrected chi connectivity index (χ0v) is 15.2. The average Bonchev–Trinajstić information content (AvgIpc) is 2.97. The molecule has 0 unspecified atom stereocenters. The maximum atomic E-state index is 12.4. The number of hydrogen-bond donors (Lipinski definition) is 0. The van der Waals surface area contributed by atoms with E-state index in [0.717, 1.165) is 23.2 Å². The summed E-state index contributed by atoms with van der Waals surface area (Å²) < 4.78 is 24.2. The molecule has 1 aromatic carbocycles. The van der Waals surface area contributed by atoms with Crippen LogP contribution in [0.15, 0.2) is 29.1 Å². The van der Waals surface area contributed by atoms with Crippen LogP contribution in [-0.2, 0) is 20.8 Å². The molecule has 0 bridgehead atoms. The van der Waals surface area contributed by atoms with E-state index in [2.05, 4.69) is 11.9 Å². The maximum absolute atomic E-state index is 12.4. The Morgan fingerprint density at radius 3 is 2.68 bits per heavy atom. The summed E-state index contributed by atoms with van der Waals surface area (Å²) in [6.07, 6.45) is 2.22. The number of fused-ring (bicyclic) bond motifs is 1. The molecule has 25 heavy (non-hydrogen) atoms. The molecule has 1 aliphatic rings. The molecule has 0 spiro atoms. The van der Waals surface area contributed by atoms with Crippen molar-refractivity contribution >= 4 is 27.5 Å². The Balaban J connectivity index is 2.13. The van der Waals surface area contributed by atoms with Crippen molar-refractivity contribution in [3.8, 4) is 11.5 Å². The lowest BCUT2D eigenvalue weighted by Gasteiger charge is -2.12. The van der Waals surface area contributed by atoms with Gasteiger partial charge in [-0.15, -0.1) is 0 Å². The number of methoxy groups -OCH3 is 2. The predicted molar refractivity (Wildman–Crippen MR) is 93.8 cm³/mol. The Kier molecular flexibility index (Phi) is 5.28. The molecule has 1 aliphatic heterocycles. The Bertz CT molecular complexity index is 881. The lowest BCUT2D eigenvalue weighted by atomic mass is 10.3. The molecule has 0 N–H and O–H groups in total. The van der Waals surface area contributed by atoms with Crippen LogP contribution in [0, 0.1) is 0 Å². The number of amides is 1. The van der Waals surface area contributed by atoms with Gasteiger partial charge in [0.15, 0.2) is 16.3 Å². The topological polar surface area (TPSA) is 71.3 Å². The van der Waals surface area contributed by atoms with E-state index >= 15 is 0 Å². The summed E-state index contributed by atoms with van der Waals surface area (Å²) in [5.74, 6) is 0.962. The van der Waals surface area contributed by atoms with Crippen molar-refractivity contribution in [2.75, 3.05) is 27.4 Å². The molecular formula is C17H20N2O5S. The Morgan fingerprint density at radius 2 is 2.04 bits per heavy atom. The minimum Gasteiger partial charge on any atom is -0.494 e. The van der Waals surface area contributed by atoms with Gasteiger partial charge in [0.05, 0.1) is 24.4 Å². The quantitative estimate of drug-likeness (QED) is 0.815. The van der Waals surface area contributed by atoms with Crippen LogP contribution in [0.5, 0.6) is 11.5 Å². The minimum absolute atomic E-state index is 0.127. The molecule has 1 amide bonds. The molecule has 0 saturated carbocycles. The van der Waals surface area contributed by atoms with Crippen molar-refractivity contribution in [3.05, 3.63) is 29.0 Å². The number of ether oxygens (including phenoxy) is 4. The fraction of sp³-hybridized carbons (Fsp3) is 0.412. The van der Waals surface area contributed by atoms with E-state index in [-0.39, 0.29) is 5.76 Å². The molecule has 7 nitrogen and oxygen atoms in total. The maximum Gasteiger partial charge on any atom is 0.317 e. The van der Waals surface area contributed by atoms with Crippen molar-refractivity contribution in [2.24, 2.45) is 4.99 Å². The Morgan fingerprint density at radius 1 is 1.28 bits per heavy atom. The van der Waals surface area contributed by atoms with Gasteiger partial charge in [-0.25, -0.2) is 0 Å². The van der Waals surface area contributed by atoms with Crippen molar-refractivity contribution in [1.82, 2.24) is 4.57 Å². The lowest BCUT2D eigenvalue weighted by Crippen LogP contribution is -2.20. The smallest absolute Gasteiger partial charge is 0.317 e. The first-order valence-corrected chi connectivity index (χ1v) is 8.78. The summed E-state index contributed by atoms with van der Waals surface area (Å²) in [6.45, 7) is 3.60. The van der Waals surface area contributed by atoms with Gasteiger partial charge in [0.25, 0.3) is 0 Å². The van der Waals surface area contributed by atoms with Crippen molar-refractivity contribution in [1.29, 1.82) is 0 Å². The van der Waals surface area contributed by atoms with Crippen LogP contribution in [0.2, 0.25) is 0 Å². The van der Waals surface area contributed by atoms with Gasteiger partial charge in [0.2, 0.25) is 5.76 Å². The third-order valence-electron chi connectivity index (χ3n) is 3.69. The van der Waals surface area contributed by atoms with Crippen molar-refractivity contribution < 1.29 is 23.7 Å². The van der Waals surface area contributed by atoms with Crippen LogP contribution < -0.4 is 14.3 Å². The van der Waals surface area contributed by atoms with Crippen LogP contribution >= 0.6 is 11.3 Å². The van der Waals surface area contributed by atoms with E-state index in [9.17, 15) is 4.79 Å². The highest BCUT2D eigenvalue weighted by atomic mass is 32.1. The number of rotatable bonds is 5. The number of nitrogens with zero attached hydrogens (tertiary/aromatic N) is 2. The predicted octanol–water partition coefficient (Wildman–Crippen LogP) is 2.45. The Hall–Kier alpha value is -2.48. The van der Waals surface area contributed by atoms with Gasteiger partial charge in [-0.1, -0.05) is 18.3 Å². The van der Waals surface area contributed by atoms with Crippen molar-refractivity contribution in [2.45, 2.75) is 19.9 Å². The number of benzene rings is 1. The summed E-state index contributed by atoms with van der Waals surface area (Å²) in [5.41, 5.74) is 0.950.